The van der Waals surface area contributed by atoms with Gasteiger partial charge in [-0.1, -0.05) is 13.0 Å². The van der Waals surface area contributed by atoms with Crippen LogP contribution in [0.3, 0.4) is 0 Å². The van der Waals surface area contributed by atoms with Crippen LogP contribution in [0.4, 0.5) is 0 Å². The molecule has 1 aliphatic heterocycles. The maximum absolute atomic E-state index is 11.0. The summed E-state index contributed by atoms with van der Waals surface area (Å²) in [5.74, 6) is 0.820. The minimum absolute atomic E-state index is 0.000486. The van der Waals surface area contributed by atoms with Crippen molar-refractivity contribution in [1.82, 2.24) is 0 Å². The van der Waals surface area contributed by atoms with Crippen LogP contribution in [0, 0.1) is 0 Å². The van der Waals surface area contributed by atoms with Gasteiger partial charge in [0.15, 0.2) is 0 Å². The minimum Gasteiger partial charge on any atom is -0.500 e. The van der Waals surface area contributed by atoms with Gasteiger partial charge in [-0.3, -0.25) is 4.21 Å². The lowest BCUT2D eigenvalue weighted by Gasteiger charge is -2.07. The molecule has 0 radical (unpaired) electrons. The van der Waals surface area contributed by atoms with Gasteiger partial charge in [-0.25, -0.2) is 0 Å². The molecule has 1 heterocycles. The van der Waals surface area contributed by atoms with Crippen LogP contribution in [0.1, 0.15) is 20.3 Å². The average molecular weight is 174 g/mol. The summed E-state index contributed by atoms with van der Waals surface area (Å²) in [4.78, 5) is 0. The number of hydrogen-bond acceptors (Lipinski definition) is 2. The van der Waals surface area contributed by atoms with E-state index in [0.717, 1.165) is 12.2 Å². The Labute approximate surface area is 70.1 Å². The maximum atomic E-state index is 11.0. The van der Waals surface area contributed by atoms with Crippen LogP contribution in [-0.4, -0.2) is 21.3 Å². The lowest BCUT2D eigenvalue weighted by atomic mass is 10.1. The summed E-state index contributed by atoms with van der Waals surface area (Å²) in [6.45, 7) is 4.58. The highest BCUT2D eigenvalue weighted by Gasteiger charge is 2.51. The van der Waals surface area contributed by atoms with Crippen molar-refractivity contribution in [3.05, 3.63) is 12.3 Å². The highest BCUT2D eigenvalue weighted by Crippen LogP contribution is 2.35. The largest absolute Gasteiger partial charge is 0.500 e. The van der Waals surface area contributed by atoms with Gasteiger partial charge in [0.1, 0.15) is 6.61 Å². The van der Waals surface area contributed by atoms with E-state index >= 15 is 0 Å². The Morgan fingerprint density at radius 3 is 2.73 bits per heavy atom. The lowest BCUT2D eigenvalue weighted by molar-refractivity contribution is 0.227. The van der Waals surface area contributed by atoms with Crippen molar-refractivity contribution in [3.63, 3.8) is 0 Å². The monoisotopic (exact) mass is 174 g/mol. The molecule has 0 aromatic carbocycles. The number of rotatable bonds is 4. The third-order valence-corrected chi connectivity index (χ3v) is 3.99. The van der Waals surface area contributed by atoms with Gasteiger partial charge in [-0.15, -0.1) is 0 Å². The Kier molecular flexibility index (Phi) is 2.71. The molecule has 3 heteroatoms. The van der Waals surface area contributed by atoms with E-state index in [1.54, 1.807) is 6.26 Å². The molecule has 0 saturated carbocycles. The van der Waals surface area contributed by atoms with Crippen molar-refractivity contribution in [2.24, 2.45) is 0 Å². The van der Waals surface area contributed by atoms with Gasteiger partial charge in [-0.2, -0.15) is 0 Å². The van der Waals surface area contributed by atoms with Gasteiger partial charge in [0.2, 0.25) is 0 Å². The fraction of sp³-hybridized carbons (Fsp3) is 0.750. The Morgan fingerprint density at radius 2 is 2.36 bits per heavy atom. The molecule has 2 nitrogen and oxygen atoms in total. The zero-order valence-corrected chi connectivity index (χ0v) is 7.82. The molecule has 11 heavy (non-hydrogen) atoms. The summed E-state index contributed by atoms with van der Waals surface area (Å²) in [6.07, 6.45) is 4.46. The molecule has 64 valence electrons. The fourth-order valence-electron chi connectivity index (χ4n) is 0.978. The van der Waals surface area contributed by atoms with Gasteiger partial charge in [0, 0.05) is 16.6 Å². The van der Waals surface area contributed by atoms with Crippen LogP contribution < -0.4 is 0 Å². The predicted molar refractivity (Wildman–Crippen MR) is 46.8 cm³/mol. The first kappa shape index (κ1) is 8.78. The van der Waals surface area contributed by atoms with Gasteiger partial charge in [0.25, 0.3) is 0 Å². The maximum Gasteiger partial charge on any atom is 0.105 e. The SMILES string of the molecule is C/C=C/OCC1(CC)CS1=O. The van der Waals surface area contributed by atoms with Gasteiger partial charge in [0.05, 0.1) is 11.0 Å². The van der Waals surface area contributed by atoms with Crippen LogP contribution >= 0.6 is 0 Å². The van der Waals surface area contributed by atoms with Crippen molar-refractivity contribution >= 4 is 10.8 Å². The molecule has 0 spiro atoms. The van der Waals surface area contributed by atoms with E-state index in [0.29, 0.717) is 6.61 Å². The van der Waals surface area contributed by atoms with Crippen molar-refractivity contribution in [2.45, 2.75) is 25.0 Å². The standard InChI is InChI=1S/C8H14O2S/c1-3-5-10-6-8(4-2)7-11(8)9/h3,5H,4,6-7H2,1-2H3/b5-3+. The summed E-state index contributed by atoms with van der Waals surface area (Å²) in [7, 11) is -0.620. The smallest absolute Gasteiger partial charge is 0.105 e. The Morgan fingerprint density at radius 1 is 1.73 bits per heavy atom. The summed E-state index contributed by atoms with van der Waals surface area (Å²) in [5.41, 5.74) is 0. The first-order chi connectivity index (χ1) is 5.25. The van der Waals surface area contributed by atoms with Crippen LogP contribution in [0.5, 0.6) is 0 Å². The van der Waals surface area contributed by atoms with Crippen molar-refractivity contribution in [3.8, 4) is 0 Å². The van der Waals surface area contributed by atoms with Crippen LogP contribution in [-0.2, 0) is 15.5 Å². The zero-order chi connectivity index (χ0) is 8.32. The molecule has 0 aromatic rings. The van der Waals surface area contributed by atoms with Crippen LogP contribution in [0.2, 0.25) is 0 Å². The molecule has 1 rings (SSSR count). The molecule has 1 aliphatic rings. The van der Waals surface area contributed by atoms with Gasteiger partial charge in [-0.05, 0) is 13.3 Å². The summed E-state index contributed by atoms with van der Waals surface area (Å²) < 4.78 is 16.2. The average Bonchev–Trinajstić information content (AvgIpc) is 2.64. The van der Waals surface area contributed by atoms with E-state index < -0.39 is 10.8 Å². The van der Waals surface area contributed by atoms with Crippen molar-refractivity contribution < 1.29 is 8.95 Å². The number of hydrogen-bond donors (Lipinski definition) is 0. The first-order valence-electron chi connectivity index (χ1n) is 3.86. The quantitative estimate of drug-likeness (QED) is 0.476. The molecule has 0 bridgehead atoms. The topological polar surface area (TPSA) is 26.3 Å². The summed E-state index contributed by atoms with van der Waals surface area (Å²) in [5, 5.41) is 0. The number of allylic oxidation sites excluding steroid dienone is 1. The zero-order valence-electron chi connectivity index (χ0n) is 7.00. The second-order valence-electron chi connectivity index (χ2n) is 2.81. The highest BCUT2D eigenvalue weighted by molar-refractivity contribution is 7.94. The molecule has 0 amide bonds. The normalized spacial score (nSPS) is 36.0. The molecule has 2 unspecified atom stereocenters. The molecule has 0 aromatic heterocycles. The molecule has 0 aliphatic carbocycles. The second kappa shape index (κ2) is 3.39. The van der Waals surface area contributed by atoms with Gasteiger partial charge >= 0.3 is 0 Å². The lowest BCUT2D eigenvalue weighted by Crippen LogP contribution is -2.17. The first-order valence-corrected chi connectivity index (χ1v) is 5.18. The van der Waals surface area contributed by atoms with Crippen molar-refractivity contribution in [2.75, 3.05) is 12.4 Å². The highest BCUT2D eigenvalue weighted by atomic mass is 32.2. The van der Waals surface area contributed by atoms with E-state index in [2.05, 4.69) is 6.92 Å². The van der Waals surface area contributed by atoms with E-state index in [-0.39, 0.29) is 4.75 Å². The second-order valence-corrected chi connectivity index (χ2v) is 4.65. The fourth-order valence-corrected chi connectivity index (χ4v) is 2.35. The summed E-state index contributed by atoms with van der Waals surface area (Å²) in [6, 6.07) is 0. The van der Waals surface area contributed by atoms with E-state index in [9.17, 15) is 4.21 Å². The molecule has 2 atom stereocenters. The third kappa shape index (κ3) is 1.83. The van der Waals surface area contributed by atoms with Crippen molar-refractivity contribution in [1.29, 1.82) is 0 Å². The summed E-state index contributed by atoms with van der Waals surface area (Å²) >= 11 is 0. The molecule has 1 saturated heterocycles. The Balaban J connectivity index is 2.30. The molecule has 1 fully saturated rings. The van der Waals surface area contributed by atoms with E-state index in [4.69, 9.17) is 4.74 Å². The van der Waals surface area contributed by atoms with E-state index in [1.165, 1.54) is 0 Å². The van der Waals surface area contributed by atoms with E-state index in [1.807, 2.05) is 13.0 Å². The van der Waals surface area contributed by atoms with Gasteiger partial charge < -0.3 is 4.74 Å². The van der Waals surface area contributed by atoms with Crippen LogP contribution in [0.15, 0.2) is 12.3 Å². The van der Waals surface area contributed by atoms with Crippen LogP contribution in [0.25, 0.3) is 0 Å². The predicted octanol–water partition coefficient (Wildman–Crippen LogP) is 1.45. The number of ether oxygens (including phenoxy) is 1. The Bertz CT molecular complexity index is 189. The molecule has 0 N–H and O–H groups in total. The third-order valence-electron chi connectivity index (χ3n) is 2.01. The Hall–Kier alpha value is -0.310. The minimum atomic E-state index is -0.620. The molecular formula is C8H14O2S. The molecular weight excluding hydrogens is 160 g/mol.